The maximum atomic E-state index is 12.3. The molecule has 0 bridgehead atoms. The van der Waals surface area contributed by atoms with E-state index < -0.39 is 18.2 Å². The predicted octanol–water partition coefficient (Wildman–Crippen LogP) is 10.5. The number of unbranched alkanes of at least 4 members (excludes halogenated alkanes) is 25. The van der Waals surface area contributed by atoms with Crippen LogP contribution in [0.2, 0.25) is 0 Å². The summed E-state index contributed by atoms with van der Waals surface area (Å²) in [7, 11) is 0. The van der Waals surface area contributed by atoms with Gasteiger partial charge in [-0.1, -0.05) is 174 Å². The fourth-order valence-corrected chi connectivity index (χ4v) is 6.04. The Morgan fingerprint density at radius 2 is 0.909 bits per heavy atom. The maximum absolute atomic E-state index is 12.3. The lowest BCUT2D eigenvalue weighted by Gasteiger charge is -2.26. The van der Waals surface area contributed by atoms with Crippen LogP contribution >= 0.6 is 0 Å². The maximum Gasteiger partial charge on any atom is 0.220 e. The van der Waals surface area contributed by atoms with Gasteiger partial charge in [0.15, 0.2) is 0 Å². The van der Waals surface area contributed by atoms with Crippen molar-refractivity contribution >= 4 is 5.91 Å². The molecule has 3 unspecified atom stereocenters. The van der Waals surface area contributed by atoms with E-state index in [-0.39, 0.29) is 12.5 Å². The van der Waals surface area contributed by atoms with Gasteiger partial charge in [0.2, 0.25) is 5.91 Å². The summed E-state index contributed by atoms with van der Waals surface area (Å²) in [5.41, 5.74) is 0. The molecule has 1 amide bonds. The zero-order valence-corrected chi connectivity index (χ0v) is 29.6. The molecule has 0 rings (SSSR count). The second kappa shape index (κ2) is 35.0. The van der Waals surface area contributed by atoms with E-state index in [4.69, 9.17) is 0 Å². The van der Waals surface area contributed by atoms with Crippen LogP contribution in [-0.4, -0.2) is 46.1 Å². The van der Waals surface area contributed by atoms with Gasteiger partial charge in [-0.2, -0.15) is 0 Å². The largest absolute Gasteiger partial charge is 0.394 e. The Balaban J connectivity index is 3.55. The van der Waals surface area contributed by atoms with Crippen molar-refractivity contribution < 1.29 is 20.1 Å². The van der Waals surface area contributed by atoms with Crippen LogP contribution in [0, 0.1) is 0 Å². The molecule has 4 N–H and O–H groups in total. The fourth-order valence-electron chi connectivity index (χ4n) is 6.04. The minimum absolute atomic E-state index is 0.154. The van der Waals surface area contributed by atoms with Crippen LogP contribution in [0.25, 0.3) is 0 Å². The first kappa shape index (κ1) is 43.1. The van der Waals surface area contributed by atoms with Crippen molar-refractivity contribution in [3.63, 3.8) is 0 Å². The number of aliphatic hydroxyl groups is 3. The fraction of sp³-hybridized carbons (Fsp3) is 0.923. The molecular weight excluding hydrogens is 546 g/mol. The molecule has 0 heterocycles. The van der Waals surface area contributed by atoms with Crippen LogP contribution in [0.4, 0.5) is 0 Å². The Labute approximate surface area is 274 Å². The predicted molar refractivity (Wildman–Crippen MR) is 190 cm³/mol. The van der Waals surface area contributed by atoms with Crippen LogP contribution in [0.1, 0.15) is 206 Å². The number of nitrogens with one attached hydrogen (secondary N) is 1. The summed E-state index contributed by atoms with van der Waals surface area (Å²) in [5.74, 6) is -0.154. The standard InChI is InChI=1S/C39H77NO4/c1-3-5-7-9-11-13-14-15-16-17-18-19-20-21-22-23-24-25-26-28-30-32-34-38(43)40-36(35-41)39(44)37(42)33-31-29-27-12-10-8-6-4-2/h12,27,36-37,39,41-42,44H,3-11,13-26,28-35H2,1-2H3,(H,40,43)/b27-12+. The molecular formula is C39H77NO4. The first-order valence-corrected chi connectivity index (χ1v) is 19.5. The van der Waals surface area contributed by atoms with E-state index in [0.29, 0.717) is 12.8 Å². The van der Waals surface area contributed by atoms with E-state index in [2.05, 4.69) is 31.3 Å². The lowest BCUT2D eigenvalue weighted by molar-refractivity contribution is -0.124. The molecule has 5 heteroatoms. The molecule has 0 saturated carbocycles. The Hall–Kier alpha value is -0.910. The average molecular weight is 624 g/mol. The summed E-state index contributed by atoms with van der Waals surface area (Å²) in [6, 6.07) is -0.818. The van der Waals surface area contributed by atoms with Gasteiger partial charge in [-0.25, -0.2) is 0 Å². The Morgan fingerprint density at radius 3 is 1.32 bits per heavy atom. The van der Waals surface area contributed by atoms with E-state index in [1.807, 2.05) is 0 Å². The number of amides is 1. The third kappa shape index (κ3) is 29.8. The van der Waals surface area contributed by atoms with Crippen molar-refractivity contribution in [2.24, 2.45) is 0 Å². The highest BCUT2D eigenvalue weighted by molar-refractivity contribution is 5.76. The third-order valence-electron chi connectivity index (χ3n) is 9.12. The highest BCUT2D eigenvalue weighted by Crippen LogP contribution is 2.16. The van der Waals surface area contributed by atoms with Crippen LogP contribution in [-0.2, 0) is 4.79 Å². The van der Waals surface area contributed by atoms with E-state index in [1.165, 1.54) is 141 Å². The van der Waals surface area contributed by atoms with Gasteiger partial charge in [-0.05, 0) is 38.5 Å². The summed E-state index contributed by atoms with van der Waals surface area (Å²) in [6.45, 7) is 4.11. The number of hydrogen-bond acceptors (Lipinski definition) is 4. The van der Waals surface area contributed by atoms with Gasteiger partial charge in [-0.15, -0.1) is 0 Å². The summed E-state index contributed by atoms with van der Waals surface area (Å²) >= 11 is 0. The molecule has 0 aromatic carbocycles. The normalized spacial score (nSPS) is 13.8. The molecule has 0 aliphatic heterocycles. The second-order valence-corrected chi connectivity index (χ2v) is 13.5. The second-order valence-electron chi connectivity index (χ2n) is 13.5. The van der Waals surface area contributed by atoms with Crippen LogP contribution in [0.3, 0.4) is 0 Å². The van der Waals surface area contributed by atoms with Gasteiger partial charge in [0.05, 0.1) is 18.8 Å². The molecule has 3 atom stereocenters. The van der Waals surface area contributed by atoms with Crippen molar-refractivity contribution in [1.29, 1.82) is 0 Å². The number of carbonyl (C=O) groups is 1. The molecule has 44 heavy (non-hydrogen) atoms. The lowest BCUT2D eigenvalue weighted by atomic mass is 10.0. The number of carbonyl (C=O) groups excluding carboxylic acids is 1. The van der Waals surface area contributed by atoms with Gasteiger partial charge < -0.3 is 20.6 Å². The Kier molecular flexibility index (Phi) is 34.2. The third-order valence-corrected chi connectivity index (χ3v) is 9.12. The summed E-state index contributed by atoms with van der Waals surface area (Å²) in [5, 5.41) is 33.2. The Bertz CT molecular complexity index is 611. The van der Waals surface area contributed by atoms with E-state index in [0.717, 1.165) is 38.5 Å². The van der Waals surface area contributed by atoms with Gasteiger partial charge in [0.25, 0.3) is 0 Å². The number of allylic oxidation sites excluding steroid dienone is 2. The van der Waals surface area contributed by atoms with Crippen molar-refractivity contribution in [1.82, 2.24) is 5.32 Å². The molecule has 0 aromatic heterocycles. The quantitative estimate of drug-likeness (QED) is 0.0418. The molecule has 0 radical (unpaired) electrons. The number of aliphatic hydroxyl groups excluding tert-OH is 3. The SMILES string of the molecule is CCCCC/C=C/CCCC(O)C(O)C(CO)NC(=O)CCCCCCCCCCCCCCCCCCCCCCCC. The molecule has 0 fully saturated rings. The highest BCUT2D eigenvalue weighted by Gasteiger charge is 2.26. The highest BCUT2D eigenvalue weighted by atomic mass is 16.3. The molecule has 0 aromatic rings. The van der Waals surface area contributed by atoms with Crippen molar-refractivity contribution in [2.75, 3.05) is 6.61 Å². The van der Waals surface area contributed by atoms with Gasteiger partial charge in [0, 0.05) is 6.42 Å². The molecule has 0 spiro atoms. The molecule has 0 saturated heterocycles. The molecule has 0 aliphatic rings. The molecule has 5 nitrogen and oxygen atoms in total. The first-order valence-electron chi connectivity index (χ1n) is 19.5. The minimum Gasteiger partial charge on any atom is -0.394 e. The number of rotatable bonds is 35. The summed E-state index contributed by atoms with van der Waals surface area (Å²) < 4.78 is 0. The van der Waals surface area contributed by atoms with E-state index >= 15 is 0 Å². The molecule has 262 valence electrons. The Morgan fingerprint density at radius 1 is 0.545 bits per heavy atom. The van der Waals surface area contributed by atoms with Crippen molar-refractivity contribution in [2.45, 2.75) is 225 Å². The summed E-state index contributed by atoms with van der Waals surface area (Å²) in [4.78, 5) is 12.3. The zero-order chi connectivity index (χ0) is 32.4. The van der Waals surface area contributed by atoms with E-state index in [9.17, 15) is 20.1 Å². The van der Waals surface area contributed by atoms with Gasteiger partial charge in [0.1, 0.15) is 6.10 Å². The van der Waals surface area contributed by atoms with Crippen molar-refractivity contribution in [3.8, 4) is 0 Å². The van der Waals surface area contributed by atoms with Crippen molar-refractivity contribution in [3.05, 3.63) is 12.2 Å². The minimum atomic E-state index is -1.15. The van der Waals surface area contributed by atoms with Crippen LogP contribution in [0.5, 0.6) is 0 Å². The first-order chi connectivity index (χ1) is 21.6. The lowest BCUT2D eigenvalue weighted by Crippen LogP contribution is -2.50. The molecule has 0 aliphatic carbocycles. The number of hydrogen-bond donors (Lipinski definition) is 4. The van der Waals surface area contributed by atoms with Gasteiger partial charge >= 0.3 is 0 Å². The monoisotopic (exact) mass is 624 g/mol. The van der Waals surface area contributed by atoms with E-state index in [1.54, 1.807) is 0 Å². The zero-order valence-electron chi connectivity index (χ0n) is 29.6. The van der Waals surface area contributed by atoms with Crippen LogP contribution < -0.4 is 5.32 Å². The average Bonchev–Trinajstić information content (AvgIpc) is 3.03. The van der Waals surface area contributed by atoms with Gasteiger partial charge in [-0.3, -0.25) is 4.79 Å². The smallest absolute Gasteiger partial charge is 0.220 e. The topological polar surface area (TPSA) is 89.8 Å². The van der Waals surface area contributed by atoms with Crippen LogP contribution in [0.15, 0.2) is 12.2 Å². The summed E-state index contributed by atoms with van der Waals surface area (Å²) in [6.07, 6.45) is 39.0.